The predicted octanol–water partition coefficient (Wildman–Crippen LogP) is 2.81. The van der Waals surface area contributed by atoms with E-state index < -0.39 is 6.09 Å². The van der Waals surface area contributed by atoms with Gasteiger partial charge in [-0.3, -0.25) is 14.5 Å². The van der Waals surface area contributed by atoms with Crippen molar-refractivity contribution in [3.05, 3.63) is 48.2 Å². The molecule has 1 aliphatic heterocycles. The van der Waals surface area contributed by atoms with Gasteiger partial charge in [0.2, 0.25) is 0 Å². The summed E-state index contributed by atoms with van der Waals surface area (Å²) < 4.78 is 6.39. The Kier molecular flexibility index (Phi) is 4.45. The molecule has 3 heterocycles. The number of methoxy groups -OCH3 is 1. The van der Waals surface area contributed by atoms with Crippen molar-refractivity contribution in [3.63, 3.8) is 0 Å². The van der Waals surface area contributed by atoms with Gasteiger partial charge in [-0.05, 0) is 49.2 Å². The summed E-state index contributed by atoms with van der Waals surface area (Å²) in [6.45, 7) is 1.57. The lowest BCUT2D eigenvalue weighted by atomic mass is 10.2. The number of benzene rings is 1. The van der Waals surface area contributed by atoms with Gasteiger partial charge < -0.3 is 9.64 Å². The van der Waals surface area contributed by atoms with Crippen LogP contribution in [0.1, 0.15) is 23.2 Å². The van der Waals surface area contributed by atoms with Gasteiger partial charge in [-0.25, -0.2) is 4.79 Å². The molecule has 1 aromatic carbocycles. The van der Waals surface area contributed by atoms with E-state index in [1.165, 1.54) is 7.11 Å². The lowest BCUT2D eigenvalue weighted by molar-refractivity contribution is 0.0794. The third-order valence-electron chi connectivity index (χ3n) is 4.63. The van der Waals surface area contributed by atoms with Gasteiger partial charge in [0.15, 0.2) is 11.5 Å². The van der Waals surface area contributed by atoms with Crippen molar-refractivity contribution >= 4 is 23.3 Å². The number of rotatable bonds is 3. The summed E-state index contributed by atoms with van der Waals surface area (Å²) in [6.07, 6.45) is 3.39. The zero-order chi connectivity index (χ0) is 18.8. The molecule has 8 heteroatoms. The van der Waals surface area contributed by atoms with Gasteiger partial charge in [0, 0.05) is 30.5 Å². The van der Waals surface area contributed by atoms with E-state index in [9.17, 15) is 9.59 Å². The van der Waals surface area contributed by atoms with Crippen molar-refractivity contribution in [3.8, 4) is 11.4 Å². The molecule has 0 aliphatic carbocycles. The van der Waals surface area contributed by atoms with Gasteiger partial charge in [-0.15, -0.1) is 10.2 Å². The van der Waals surface area contributed by atoms with Crippen LogP contribution in [-0.2, 0) is 4.74 Å². The normalized spacial score (nSPS) is 13.7. The van der Waals surface area contributed by atoms with Gasteiger partial charge in [-0.1, -0.05) is 0 Å². The number of carbonyl (C=O) groups is 2. The van der Waals surface area contributed by atoms with Crippen LogP contribution in [0.15, 0.2) is 42.6 Å². The third kappa shape index (κ3) is 3.21. The zero-order valence-corrected chi connectivity index (χ0v) is 14.9. The quantitative estimate of drug-likeness (QED) is 0.771. The molecule has 1 aliphatic rings. The molecular weight excluding hydrogens is 346 g/mol. The Bertz CT molecular complexity index is 990. The van der Waals surface area contributed by atoms with Crippen molar-refractivity contribution < 1.29 is 14.3 Å². The predicted molar refractivity (Wildman–Crippen MR) is 99.6 cm³/mol. The Morgan fingerprint density at radius 1 is 1.07 bits per heavy atom. The van der Waals surface area contributed by atoms with E-state index in [-0.39, 0.29) is 5.91 Å². The van der Waals surface area contributed by atoms with Crippen LogP contribution in [0.4, 0.5) is 10.5 Å². The maximum atomic E-state index is 12.8. The van der Waals surface area contributed by atoms with Gasteiger partial charge >= 0.3 is 6.09 Å². The molecular formula is C19H19N5O3. The first kappa shape index (κ1) is 17.0. The number of carbonyl (C=O) groups excluding carboxylic acids is 2. The largest absolute Gasteiger partial charge is 0.453 e. The molecule has 8 nitrogen and oxygen atoms in total. The molecule has 2 aromatic heterocycles. The smallest absolute Gasteiger partial charge is 0.411 e. The number of hydrogen-bond donors (Lipinski definition) is 1. The molecule has 1 saturated heterocycles. The van der Waals surface area contributed by atoms with E-state index in [4.69, 9.17) is 0 Å². The standard InChI is InChI=1S/C19H19N5O3/c1-27-19(26)20-14-8-6-13(7-9-14)16-21-22-17-15(5-4-12-24(16)17)18(25)23-10-2-3-11-23/h4-9,12H,2-3,10-11H2,1H3,(H,20,26). The second-order valence-electron chi connectivity index (χ2n) is 6.33. The van der Waals surface area contributed by atoms with Crippen LogP contribution < -0.4 is 5.32 Å². The van der Waals surface area contributed by atoms with E-state index in [1.807, 2.05) is 33.7 Å². The van der Waals surface area contributed by atoms with Crippen LogP contribution in [0.3, 0.4) is 0 Å². The summed E-state index contributed by atoms with van der Waals surface area (Å²) in [4.78, 5) is 25.9. The Morgan fingerprint density at radius 2 is 1.81 bits per heavy atom. The topological polar surface area (TPSA) is 88.8 Å². The van der Waals surface area contributed by atoms with Gasteiger partial charge in [0.25, 0.3) is 5.91 Å². The number of fused-ring (bicyclic) bond motifs is 1. The number of aromatic nitrogens is 3. The second-order valence-corrected chi connectivity index (χ2v) is 6.33. The van der Waals surface area contributed by atoms with Crippen LogP contribution in [0.2, 0.25) is 0 Å². The summed E-state index contributed by atoms with van der Waals surface area (Å²) in [5.41, 5.74) is 2.54. The van der Waals surface area contributed by atoms with Gasteiger partial charge in [0.05, 0.1) is 12.7 Å². The van der Waals surface area contributed by atoms with Crippen molar-refractivity contribution in [2.75, 3.05) is 25.5 Å². The molecule has 1 N–H and O–H groups in total. The first-order valence-corrected chi connectivity index (χ1v) is 8.76. The van der Waals surface area contributed by atoms with E-state index in [0.29, 0.717) is 22.7 Å². The zero-order valence-electron chi connectivity index (χ0n) is 14.9. The fourth-order valence-electron chi connectivity index (χ4n) is 3.24. The lowest BCUT2D eigenvalue weighted by Gasteiger charge is -2.15. The number of nitrogens with one attached hydrogen (secondary N) is 1. The Balaban J connectivity index is 1.66. The maximum absolute atomic E-state index is 12.8. The number of ether oxygens (including phenoxy) is 1. The number of nitrogens with zero attached hydrogens (tertiary/aromatic N) is 4. The Labute approximate surface area is 155 Å². The fraction of sp³-hybridized carbons (Fsp3) is 0.263. The average molecular weight is 365 g/mol. The number of likely N-dealkylation sites (tertiary alicyclic amines) is 1. The van der Waals surface area contributed by atoms with Crippen LogP contribution >= 0.6 is 0 Å². The minimum absolute atomic E-state index is 0.00493. The highest BCUT2D eigenvalue weighted by Gasteiger charge is 2.23. The number of anilines is 1. The molecule has 0 saturated carbocycles. The molecule has 0 unspecified atom stereocenters. The molecule has 138 valence electrons. The van der Waals surface area contributed by atoms with Crippen molar-refractivity contribution in [1.29, 1.82) is 0 Å². The molecule has 0 atom stereocenters. The Morgan fingerprint density at radius 3 is 2.52 bits per heavy atom. The minimum atomic E-state index is -0.527. The molecule has 27 heavy (non-hydrogen) atoms. The monoisotopic (exact) mass is 365 g/mol. The Hall–Kier alpha value is -3.42. The second kappa shape index (κ2) is 7.06. The minimum Gasteiger partial charge on any atom is -0.453 e. The first-order chi connectivity index (χ1) is 13.2. The summed E-state index contributed by atoms with van der Waals surface area (Å²) in [7, 11) is 1.31. The first-order valence-electron chi connectivity index (χ1n) is 8.76. The highest BCUT2D eigenvalue weighted by atomic mass is 16.5. The SMILES string of the molecule is COC(=O)Nc1ccc(-c2nnc3c(C(=O)N4CCCC4)cccn23)cc1. The third-order valence-corrected chi connectivity index (χ3v) is 4.63. The van der Waals surface area contributed by atoms with Crippen molar-refractivity contribution in [2.24, 2.45) is 0 Å². The molecule has 4 rings (SSSR count). The van der Waals surface area contributed by atoms with Gasteiger partial charge in [-0.2, -0.15) is 0 Å². The molecule has 3 aromatic rings. The maximum Gasteiger partial charge on any atom is 0.411 e. The van der Waals surface area contributed by atoms with E-state index in [1.54, 1.807) is 18.2 Å². The summed E-state index contributed by atoms with van der Waals surface area (Å²) in [6, 6.07) is 10.8. The lowest BCUT2D eigenvalue weighted by Crippen LogP contribution is -2.28. The number of pyridine rings is 1. The summed E-state index contributed by atoms with van der Waals surface area (Å²) >= 11 is 0. The van der Waals surface area contributed by atoms with Crippen LogP contribution in [0, 0.1) is 0 Å². The van der Waals surface area contributed by atoms with Crippen LogP contribution in [0.5, 0.6) is 0 Å². The van der Waals surface area contributed by atoms with E-state index in [2.05, 4.69) is 20.3 Å². The van der Waals surface area contributed by atoms with E-state index in [0.717, 1.165) is 31.5 Å². The highest BCUT2D eigenvalue weighted by Crippen LogP contribution is 2.23. The fourth-order valence-corrected chi connectivity index (χ4v) is 3.24. The van der Waals surface area contributed by atoms with Crippen molar-refractivity contribution in [1.82, 2.24) is 19.5 Å². The molecule has 1 fully saturated rings. The molecule has 2 amide bonds. The van der Waals surface area contributed by atoms with Gasteiger partial charge in [0.1, 0.15) is 0 Å². The summed E-state index contributed by atoms with van der Waals surface area (Å²) in [5.74, 6) is 0.625. The summed E-state index contributed by atoms with van der Waals surface area (Å²) in [5, 5.41) is 11.1. The van der Waals surface area contributed by atoms with Crippen LogP contribution in [-0.4, -0.2) is 51.7 Å². The molecule has 0 radical (unpaired) electrons. The molecule has 0 spiro atoms. The van der Waals surface area contributed by atoms with Crippen molar-refractivity contribution in [2.45, 2.75) is 12.8 Å². The highest BCUT2D eigenvalue weighted by molar-refractivity contribution is 6.00. The molecule has 0 bridgehead atoms. The number of hydrogen-bond acceptors (Lipinski definition) is 5. The number of amides is 2. The average Bonchev–Trinajstić information content (AvgIpc) is 3.38. The van der Waals surface area contributed by atoms with E-state index >= 15 is 0 Å². The van der Waals surface area contributed by atoms with Crippen LogP contribution in [0.25, 0.3) is 17.0 Å².